The second-order valence-electron chi connectivity index (χ2n) is 7.86. The number of para-hydroxylation sites is 1. The molecule has 7 heteroatoms. The van der Waals surface area contributed by atoms with E-state index >= 15 is 0 Å². The van der Waals surface area contributed by atoms with Gasteiger partial charge in [0.1, 0.15) is 29.7 Å². The van der Waals surface area contributed by atoms with E-state index < -0.39 is 23.6 Å². The van der Waals surface area contributed by atoms with E-state index in [4.69, 9.17) is 9.47 Å². The fourth-order valence-corrected chi connectivity index (χ4v) is 3.52. The number of urea groups is 1. The molecule has 1 aliphatic rings. The number of aliphatic hydroxyl groups is 1. The molecule has 2 N–H and O–H groups in total. The largest absolute Gasteiger partial charge is 0.497 e. The zero-order valence-corrected chi connectivity index (χ0v) is 17.7. The van der Waals surface area contributed by atoms with Gasteiger partial charge >= 0.3 is 6.03 Å². The van der Waals surface area contributed by atoms with Crippen molar-refractivity contribution in [2.75, 3.05) is 20.3 Å². The first-order valence-corrected chi connectivity index (χ1v) is 9.94. The van der Waals surface area contributed by atoms with E-state index in [2.05, 4.69) is 19.2 Å². The third-order valence-corrected chi connectivity index (χ3v) is 5.31. The van der Waals surface area contributed by atoms with Crippen molar-refractivity contribution >= 4 is 11.9 Å². The van der Waals surface area contributed by atoms with Crippen LogP contribution in [0.3, 0.4) is 0 Å². The molecule has 1 saturated heterocycles. The summed E-state index contributed by atoms with van der Waals surface area (Å²) in [5, 5.41) is 13.2. The number of carbonyl (C=O) groups is 2. The van der Waals surface area contributed by atoms with E-state index in [0.29, 0.717) is 17.1 Å². The molecule has 0 spiro atoms. The molecular formula is C23H28N2O5. The first-order valence-electron chi connectivity index (χ1n) is 9.94. The van der Waals surface area contributed by atoms with Gasteiger partial charge in [0, 0.05) is 0 Å². The van der Waals surface area contributed by atoms with Crippen molar-refractivity contribution in [3.8, 4) is 11.5 Å². The lowest BCUT2D eigenvalue weighted by atomic mass is 9.92. The van der Waals surface area contributed by atoms with Crippen molar-refractivity contribution < 1.29 is 24.2 Å². The van der Waals surface area contributed by atoms with E-state index in [1.54, 1.807) is 38.3 Å². The third-order valence-electron chi connectivity index (χ3n) is 5.31. The molecule has 2 aromatic rings. The first-order chi connectivity index (χ1) is 14.3. The number of nitrogens with zero attached hydrogens (tertiary/aromatic N) is 1. The van der Waals surface area contributed by atoms with Gasteiger partial charge in [0.2, 0.25) is 0 Å². The van der Waals surface area contributed by atoms with Crippen LogP contribution in [0.2, 0.25) is 0 Å². The molecule has 2 atom stereocenters. The van der Waals surface area contributed by atoms with Gasteiger partial charge in [-0.25, -0.2) is 4.79 Å². The SMILES string of the molecule is COc1ccc([C@]2(C)NC(=O)N(C[C@@H](O)COc3ccccc3C(C)C)C2=O)cc1. The molecule has 1 fully saturated rings. The number of β-amino-alcohol motifs (C(OH)–C–C–N with tert-alkyl or cyclic N) is 1. The van der Waals surface area contributed by atoms with Crippen molar-refractivity contribution in [3.63, 3.8) is 0 Å². The Labute approximate surface area is 176 Å². The molecule has 0 radical (unpaired) electrons. The van der Waals surface area contributed by atoms with Crippen LogP contribution >= 0.6 is 0 Å². The van der Waals surface area contributed by atoms with Gasteiger partial charge in [0.25, 0.3) is 5.91 Å². The second kappa shape index (κ2) is 8.75. The van der Waals surface area contributed by atoms with E-state index in [1.165, 1.54) is 0 Å². The van der Waals surface area contributed by atoms with Crippen molar-refractivity contribution in [2.24, 2.45) is 0 Å². The van der Waals surface area contributed by atoms with Crippen molar-refractivity contribution in [2.45, 2.75) is 38.3 Å². The number of hydrogen-bond donors (Lipinski definition) is 2. The van der Waals surface area contributed by atoms with E-state index in [-0.39, 0.29) is 19.1 Å². The van der Waals surface area contributed by atoms with Crippen molar-refractivity contribution in [1.29, 1.82) is 0 Å². The maximum Gasteiger partial charge on any atom is 0.325 e. The molecule has 0 unspecified atom stereocenters. The number of nitrogens with one attached hydrogen (secondary N) is 1. The highest BCUT2D eigenvalue weighted by atomic mass is 16.5. The number of rotatable bonds is 8. The Hall–Kier alpha value is -3.06. The van der Waals surface area contributed by atoms with Gasteiger partial charge < -0.3 is 19.9 Å². The minimum Gasteiger partial charge on any atom is -0.497 e. The maximum atomic E-state index is 13.0. The summed E-state index contributed by atoms with van der Waals surface area (Å²) in [6.07, 6.45) is -1.02. The van der Waals surface area contributed by atoms with Gasteiger partial charge in [-0.1, -0.05) is 44.2 Å². The summed E-state index contributed by atoms with van der Waals surface area (Å²) in [6.45, 7) is 5.59. The predicted molar refractivity (Wildman–Crippen MR) is 113 cm³/mol. The molecule has 1 heterocycles. The Bertz CT molecular complexity index is 912. The number of amides is 3. The van der Waals surface area contributed by atoms with Crippen LogP contribution in [0.4, 0.5) is 4.79 Å². The van der Waals surface area contributed by atoms with Crippen molar-refractivity contribution in [1.82, 2.24) is 10.2 Å². The monoisotopic (exact) mass is 412 g/mol. The highest BCUT2D eigenvalue weighted by Crippen LogP contribution is 2.30. The lowest BCUT2D eigenvalue weighted by molar-refractivity contribution is -0.132. The highest BCUT2D eigenvalue weighted by molar-refractivity contribution is 6.07. The lowest BCUT2D eigenvalue weighted by Crippen LogP contribution is -2.42. The standard InChI is InChI=1S/C23H28N2O5/c1-15(2)19-7-5-6-8-20(19)30-14-17(26)13-25-21(27)23(3,24-22(25)28)16-9-11-18(29-4)12-10-16/h5-12,15,17,26H,13-14H2,1-4H3,(H,24,28)/t17-,23+/m1/s1. The molecule has 7 nitrogen and oxygen atoms in total. The lowest BCUT2D eigenvalue weighted by Gasteiger charge is -2.23. The average Bonchev–Trinajstić information content (AvgIpc) is 2.96. The molecule has 30 heavy (non-hydrogen) atoms. The topological polar surface area (TPSA) is 88.1 Å². The van der Waals surface area contributed by atoms with Crippen LogP contribution in [0, 0.1) is 0 Å². The molecular weight excluding hydrogens is 384 g/mol. The number of ether oxygens (including phenoxy) is 2. The molecule has 0 saturated carbocycles. The Morgan fingerprint density at radius 3 is 2.40 bits per heavy atom. The molecule has 2 aromatic carbocycles. The van der Waals surface area contributed by atoms with Crippen LogP contribution in [-0.4, -0.2) is 48.3 Å². The van der Waals surface area contributed by atoms with E-state index in [1.807, 2.05) is 24.3 Å². The minimum atomic E-state index is -1.20. The van der Waals surface area contributed by atoms with E-state index in [0.717, 1.165) is 10.5 Å². The summed E-state index contributed by atoms with van der Waals surface area (Å²) in [4.78, 5) is 26.5. The number of methoxy groups -OCH3 is 1. The summed E-state index contributed by atoms with van der Waals surface area (Å²) in [5.74, 6) is 1.20. The summed E-state index contributed by atoms with van der Waals surface area (Å²) >= 11 is 0. The first kappa shape index (κ1) is 21.6. The molecule has 160 valence electrons. The summed E-state index contributed by atoms with van der Waals surface area (Å²) in [7, 11) is 1.56. The maximum absolute atomic E-state index is 13.0. The van der Waals surface area contributed by atoms with E-state index in [9.17, 15) is 14.7 Å². The fraction of sp³-hybridized carbons (Fsp3) is 0.391. The minimum absolute atomic E-state index is 0.0277. The highest BCUT2D eigenvalue weighted by Gasteiger charge is 2.49. The molecule has 1 aliphatic heterocycles. The Morgan fingerprint density at radius 2 is 1.77 bits per heavy atom. The van der Waals surface area contributed by atoms with Crippen LogP contribution < -0.4 is 14.8 Å². The Morgan fingerprint density at radius 1 is 1.10 bits per heavy atom. The predicted octanol–water partition coefficient (Wildman–Crippen LogP) is 3.03. The molecule has 0 aliphatic carbocycles. The van der Waals surface area contributed by atoms with Crippen LogP contribution in [-0.2, 0) is 10.3 Å². The van der Waals surface area contributed by atoms with Gasteiger partial charge in [0.05, 0.1) is 13.7 Å². The van der Waals surface area contributed by atoms with Crippen LogP contribution in [0.15, 0.2) is 48.5 Å². The Kier molecular flexibility index (Phi) is 6.31. The summed E-state index contributed by atoms with van der Waals surface area (Å²) in [6, 6.07) is 14.0. The number of hydrogen-bond acceptors (Lipinski definition) is 5. The molecule has 0 bridgehead atoms. The summed E-state index contributed by atoms with van der Waals surface area (Å²) in [5.41, 5.74) is 0.473. The normalized spacial score (nSPS) is 19.7. The smallest absolute Gasteiger partial charge is 0.325 e. The number of imide groups is 1. The number of aliphatic hydroxyl groups excluding tert-OH is 1. The van der Waals surface area contributed by atoms with Gasteiger partial charge in [-0.3, -0.25) is 9.69 Å². The molecule has 3 amide bonds. The van der Waals surface area contributed by atoms with Crippen LogP contribution in [0.25, 0.3) is 0 Å². The zero-order valence-electron chi connectivity index (χ0n) is 17.7. The van der Waals surface area contributed by atoms with Crippen molar-refractivity contribution in [3.05, 3.63) is 59.7 Å². The van der Waals surface area contributed by atoms with Crippen LogP contribution in [0.5, 0.6) is 11.5 Å². The quantitative estimate of drug-likeness (QED) is 0.651. The second-order valence-corrected chi connectivity index (χ2v) is 7.86. The third kappa shape index (κ3) is 4.26. The fourth-order valence-electron chi connectivity index (χ4n) is 3.52. The van der Waals surface area contributed by atoms with Gasteiger partial charge in [-0.2, -0.15) is 0 Å². The molecule has 0 aromatic heterocycles. The molecule has 3 rings (SSSR count). The Balaban J connectivity index is 1.66. The average molecular weight is 412 g/mol. The van der Waals surface area contributed by atoms with Gasteiger partial charge in [-0.15, -0.1) is 0 Å². The number of benzene rings is 2. The van der Waals surface area contributed by atoms with Gasteiger partial charge in [-0.05, 0) is 42.2 Å². The van der Waals surface area contributed by atoms with Crippen LogP contribution in [0.1, 0.15) is 37.8 Å². The zero-order chi connectivity index (χ0) is 21.9. The number of carbonyl (C=O) groups excluding carboxylic acids is 2. The van der Waals surface area contributed by atoms with Gasteiger partial charge in [0.15, 0.2) is 0 Å². The summed E-state index contributed by atoms with van der Waals surface area (Å²) < 4.78 is 10.9.